The smallest absolute Gasteiger partial charge is 0.127 e. The number of ether oxygens (including phenoxy) is 2. The van der Waals surface area contributed by atoms with Crippen LogP contribution in [0, 0.1) is 0 Å². The van der Waals surface area contributed by atoms with Crippen molar-refractivity contribution in [2.24, 2.45) is 0 Å². The minimum Gasteiger partial charge on any atom is -0.457 e. The maximum atomic E-state index is 5.86. The molecule has 0 aliphatic rings. The maximum Gasteiger partial charge on any atom is 0.127 e. The number of benzene rings is 4. The van der Waals surface area contributed by atoms with Crippen LogP contribution in [0.3, 0.4) is 0 Å². The standard InChI is InChI=1S/C29H30N2O2/c30-24-10-18-28(19-11-24)32-26-14-6-22(7-15-26)4-2-1-3-5-23-8-16-27(17-9-23)33-29-20-12-25(31)13-21-29/h6-21H,1-5,30-31H2. The highest BCUT2D eigenvalue weighted by Crippen LogP contribution is 2.24. The van der Waals surface area contributed by atoms with Gasteiger partial charge in [-0.15, -0.1) is 0 Å². The first-order valence-corrected chi connectivity index (χ1v) is 11.4. The number of hydrogen-bond acceptors (Lipinski definition) is 4. The maximum absolute atomic E-state index is 5.86. The molecule has 4 aromatic rings. The second-order valence-corrected chi connectivity index (χ2v) is 8.19. The monoisotopic (exact) mass is 438 g/mol. The van der Waals surface area contributed by atoms with E-state index in [1.807, 2.05) is 72.8 Å². The Kier molecular flexibility index (Phi) is 7.49. The van der Waals surface area contributed by atoms with Crippen molar-refractivity contribution in [3.63, 3.8) is 0 Å². The van der Waals surface area contributed by atoms with Gasteiger partial charge in [-0.3, -0.25) is 0 Å². The highest BCUT2D eigenvalue weighted by Gasteiger charge is 2.01. The molecule has 4 nitrogen and oxygen atoms in total. The fourth-order valence-corrected chi connectivity index (χ4v) is 3.63. The number of hydrogen-bond donors (Lipinski definition) is 2. The van der Waals surface area contributed by atoms with Crippen molar-refractivity contribution < 1.29 is 9.47 Å². The molecule has 0 atom stereocenters. The quantitative estimate of drug-likeness (QED) is 0.200. The van der Waals surface area contributed by atoms with Gasteiger partial charge in [0, 0.05) is 11.4 Å². The largest absolute Gasteiger partial charge is 0.457 e. The molecule has 0 radical (unpaired) electrons. The first-order valence-electron chi connectivity index (χ1n) is 11.4. The third kappa shape index (κ3) is 7.04. The van der Waals surface area contributed by atoms with Gasteiger partial charge >= 0.3 is 0 Å². The van der Waals surface area contributed by atoms with E-state index in [-0.39, 0.29) is 0 Å². The van der Waals surface area contributed by atoms with E-state index in [4.69, 9.17) is 20.9 Å². The first kappa shape index (κ1) is 22.3. The lowest BCUT2D eigenvalue weighted by atomic mass is 10.0. The van der Waals surface area contributed by atoms with Gasteiger partial charge in [-0.2, -0.15) is 0 Å². The van der Waals surface area contributed by atoms with Crippen molar-refractivity contribution >= 4 is 11.4 Å². The summed E-state index contributed by atoms with van der Waals surface area (Å²) in [5.74, 6) is 3.27. The second kappa shape index (κ2) is 11.1. The molecule has 0 saturated heterocycles. The van der Waals surface area contributed by atoms with Gasteiger partial charge < -0.3 is 20.9 Å². The van der Waals surface area contributed by atoms with E-state index >= 15 is 0 Å². The third-order valence-corrected chi connectivity index (χ3v) is 5.51. The minimum atomic E-state index is 0.734. The van der Waals surface area contributed by atoms with Crippen molar-refractivity contribution in [2.75, 3.05) is 11.5 Å². The van der Waals surface area contributed by atoms with Crippen LogP contribution in [-0.2, 0) is 12.8 Å². The number of rotatable bonds is 10. The van der Waals surface area contributed by atoms with Gasteiger partial charge in [0.1, 0.15) is 23.0 Å². The summed E-state index contributed by atoms with van der Waals surface area (Å²) in [6.45, 7) is 0. The predicted octanol–water partition coefficient (Wildman–Crippen LogP) is 7.39. The Labute approximate surface area is 195 Å². The molecule has 0 unspecified atom stereocenters. The number of nitrogen functional groups attached to an aromatic ring is 2. The van der Waals surface area contributed by atoms with E-state index in [1.54, 1.807) is 0 Å². The molecule has 33 heavy (non-hydrogen) atoms. The van der Waals surface area contributed by atoms with Crippen molar-refractivity contribution in [3.8, 4) is 23.0 Å². The van der Waals surface area contributed by atoms with Crippen molar-refractivity contribution in [1.29, 1.82) is 0 Å². The fourth-order valence-electron chi connectivity index (χ4n) is 3.63. The molecule has 4 N–H and O–H groups in total. The molecular weight excluding hydrogens is 408 g/mol. The molecule has 0 spiro atoms. The van der Waals surface area contributed by atoms with Crippen molar-refractivity contribution in [1.82, 2.24) is 0 Å². The Hall–Kier alpha value is -3.92. The summed E-state index contributed by atoms with van der Waals surface area (Å²) in [7, 11) is 0. The molecule has 0 aliphatic heterocycles. The predicted molar refractivity (Wildman–Crippen MR) is 136 cm³/mol. The summed E-state index contributed by atoms with van der Waals surface area (Å²) in [6.07, 6.45) is 5.72. The minimum absolute atomic E-state index is 0.734. The summed E-state index contributed by atoms with van der Waals surface area (Å²) in [6, 6.07) is 31.6. The molecule has 0 aliphatic carbocycles. The van der Waals surface area contributed by atoms with Gasteiger partial charge in [-0.05, 0) is 110 Å². The molecule has 0 bridgehead atoms. The summed E-state index contributed by atoms with van der Waals surface area (Å²) >= 11 is 0. The Morgan fingerprint density at radius 3 is 1.03 bits per heavy atom. The SMILES string of the molecule is Nc1ccc(Oc2ccc(CCCCCc3ccc(Oc4ccc(N)cc4)cc3)cc2)cc1. The van der Waals surface area contributed by atoms with Crippen molar-refractivity contribution in [2.45, 2.75) is 32.1 Å². The van der Waals surface area contributed by atoms with Crippen LogP contribution in [0.2, 0.25) is 0 Å². The first-order chi connectivity index (χ1) is 16.1. The molecule has 0 heterocycles. The molecule has 0 aromatic heterocycles. The lowest BCUT2D eigenvalue weighted by Gasteiger charge is -2.08. The molecule has 4 rings (SSSR count). The Morgan fingerprint density at radius 1 is 0.394 bits per heavy atom. The van der Waals surface area contributed by atoms with E-state index < -0.39 is 0 Å². The van der Waals surface area contributed by atoms with E-state index in [2.05, 4.69) is 24.3 Å². The number of unbranched alkanes of at least 4 members (excludes halogenated alkanes) is 2. The molecule has 0 amide bonds. The van der Waals surface area contributed by atoms with Crippen LogP contribution in [0.4, 0.5) is 11.4 Å². The normalized spacial score (nSPS) is 10.7. The van der Waals surface area contributed by atoms with Crippen LogP contribution in [0.15, 0.2) is 97.1 Å². The van der Waals surface area contributed by atoms with Crippen LogP contribution < -0.4 is 20.9 Å². The summed E-state index contributed by atoms with van der Waals surface area (Å²) in [5.41, 5.74) is 15.6. The van der Waals surface area contributed by atoms with Crippen LogP contribution in [0.25, 0.3) is 0 Å². The van der Waals surface area contributed by atoms with Gasteiger partial charge in [0.15, 0.2) is 0 Å². The molecule has 0 saturated carbocycles. The molecular formula is C29H30N2O2. The number of anilines is 2. The van der Waals surface area contributed by atoms with Crippen LogP contribution >= 0.6 is 0 Å². The highest BCUT2D eigenvalue weighted by atomic mass is 16.5. The number of aryl methyl sites for hydroxylation is 2. The molecule has 0 fully saturated rings. The zero-order valence-corrected chi connectivity index (χ0v) is 18.7. The van der Waals surface area contributed by atoms with E-state index in [1.165, 1.54) is 30.4 Å². The lowest BCUT2D eigenvalue weighted by Crippen LogP contribution is -1.91. The molecule has 4 aromatic carbocycles. The summed E-state index contributed by atoms with van der Waals surface area (Å²) < 4.78 is 11.7. The Bertz CT molecular complexity index is 1030. The molecule has 4 heteroatoms. The van der Waals surface area contributed by atoms with Crippen LogP contribution in [0.5, 0.6) is 23.0 Å². The lowest BCUT2D eigenvalue weighted by molar-refractivity contribution is 0.482. The fraction of sp³-hybridized carbons (Fsp3) is 0.172. The van der Waals surface area contributed by atoms with E-state index in [9.17, 15) is 0 Å². The Morgan fingerprint density at radius 2 is 0.697 bits per heavy atom. The van der Waals surface area contributed by atoms with Gasteiger partial charge in [0.2, 0.25) is 0 Å². The van der Waals surface area contributed by atoms with E-state index in [0.29, 0.717) is 0 Å². The van der Waals surface area contributed by atoms with Crippen LogP contribution in [0.1, 0.15) is 30.4 Å². The Balaban J connectivity index is 1.15. The summed E-state index contributed by atoms with van der Waals surface area (Å²) in [4.78, 5) is 0. The van der Waals surface area contributed by atoms with Gasteiger partial charge in [0.05, 0.1) is 0 Å². The van der Waals surface area contributed by atoms with Gasteiger partial charge in [-0.1, -0.05) is 30.7 Å². The summed E-state index contributed by atoms with van der Waals surface area (Å²) in [5, 5.41) is 0. The van der Waals surface area contributed by atoms with E-state index in [0.717, 1.165) is 47.2 Å². The highest BCUT2D eigenvalue weighted by molar-refractivity contribution is 5.44. The second-order valence-electron chi connectivity index (χ2n) is 8.19. The number of nitrogens with two attached hydrogens (primary N) is 2. The third-order valence-electron chi connectivity index (χ3n) is 5.51. The van der Waals surface area contributed by atoms with Gasteiger partial charge in [0.25, 0.3) is 0 Å². The zero-order chi connectivity index (χ0) is 22.9. The average Bonchev–Trinajstić information content (AvgIpc) is 2.84. The zero-order valence-electron chi connectivity index (χ0n) is 18.7. The molecule has 168 valence electrons. The van der Waals surface area contributed by atoms with Crippen LogP contribution in [-0.4, -0.2) is 0 Å². The van der Waals surface area contributed by atoms with Gasteiger partial charge in [-0.25, -0.2) is 0 Å². The topological polar surface area (TPSA) is 70.5 Å². The average molecular weight is 439 g/mol. The van der Waals surface area contributed by atoms with Crippen molar-refractivity contribution in [3.05, 3.63) is 108 Å².